The second kappa shape index (κ2) is 6.46. The number of nitrogens with zero attached hydrogens (tertiary/aromatic N) is 2. The largest absolute Gasteiger partial charge is 0.270 e. The number of hydrogen-bond acceptors (Lipinski definition) is 6. The van der Waals surface area contributed by atoms with Crippen LogP contribution in [-0.2, 0) is 22.9 Å². The normalized spacial score (nSPS) is 13.8. The highest BCUT2D eigenvalue weighted by molar-refractivity contribution is 7.93. The monoisotopic (exact) mass is 377 g/mol. The third kappa shape index (κ3) is 3.23. The van der Waals surface area contributed by atoms with E-state index in [4.69, 9.17) is 0 Å². The number of nitrogens with one attached hydrogen (secondary N) is 1. The first-order chi connectivity index (χ1) is 11.8. The van der Waals surface area contributed by atoms with Crippen LogP contribution >= 0.6 is 11.3 Å². The Morgan fingerprint density at radius 3 is 2.72 bits per heavy atom. The van der Waals surface area contributed by atoms with Crippen LogP contribution in [0.25, 0.3) is 0 Å². The third-order valence-corrected chi connectivity index (χ3v) is 7.01. The Morgan fingerprint density at radius 2 is 2.04 bits per heavy atom. The van der Waals surface area contributed by atoms with E-state index in [1.54, 1.807) is 6.92 Å². The van der Waals surface area contributed by atoms with E-state index in [-0.39, 0.29) is 10.6 Å². The zero-order chi connectivity index (χ0) is 18.2. The molecule has 0 saturated heterocycles. The fourth-order valence-electron chi connectivity index (χ4n) is 2.92. The van der Waals surface area contributed by atoms with Gasteiger partial charge in [0.25, 0.3) is 15.7 Å². The summed E-state index contributed by atoms with van der Waals surface area (Å²) >= 11 is 1.28. The first-order valence-electron chi connectivity index (χ1n) is 7.66. The minimum atomic E-state index is -4.03. The van der Waals surface area contributed by atoms with Crippen LogP contribution in [0.1, 0.15) is 34.4 Å². The molecule has 0 unspecified atom stereocenters. The summed E-state index contributed by atoms with van der Waals surface area (Å²) in [4.78, 5) is 11.2. The van der Waals surface area contributed by atoms with E-state index in [0.717, 1.165) is 42.2 Å². The zero-order valence-corrected chi connectivity index (χ0v) is 15.0. The molecule has 0 aliphatic heterocycles. The highest BCUT2D eigenvalue weighted by Gasteiger charge is 2.26. The Labute approximate surface area is 149 Å². The predicted octanol–water partition coefficient (Wildman–Crippen LogP) is 3.52. The van der Waals surface area contributed by atoms with Gasteiger partial charge in [-0.1, -0.05) is 6.07 Å². The molecular formula is C16H15N3O4S2. The number of anilines is 1. The molecule has 1 aromatic heterocycles. The number of non-ortho nitro benzene ring substituents is 1. The second-order valence-corrected chi connectivity index (χ2v) is 8.60. The first-order valence-corrected chi connectivity index (χ1v) is 9.96. The molecule has 1 aliphatic carbocycles. The molecular weight excluding hydrogens is 362 g/mol. The molecule has 0 spiro atoms. The molecule has 0 atom stereocenters. The minimum Gasteiger partial charge on any atom is -0.269 e. The molecule has 2 aromatic rings. The van der Waals surface area contributed by atoms with Gasteiger partial charge in [0.2, 0.25) is 0 Å². The van der Waals surface area contributed by atoms with Crippen LogP contribution in [-0.4, -0.2) is 13.3 Å². The SMILES string of the molecule is Cc1ccc([N+](=O)[O-])cc1S(=O)(=O)Nc1sc2c(c1C#N)CCCC2. The minimum absolute atomic E-state index is 0.156. The van der Waals surface area contributed by atoms with Crippen LogP contribution in [0.5, 0.6) is 0 Å². The number of hydrogen-bond donors (Lipinski definition) is 1. The topological polar surface area (TPSA) is 113 Å². The van der Waals surface area contributed by atoms with Crippen molar-refractivity contribution in [3.63, 3.8) is 0 Å². The van der Waals surface area contributed by atoms with E-state index in [1.165, 1.54) is 23.5 Å². The van der Waals surface area contributed by atoms with Gasteiger partial charge in [0.1, 0.15) is 11.1 Å². The summed E-state index contributed by atoms with van der Waals surface area (Å²) in [6, 6.07) is 5.80. The number of nitriles is 1. The quantitative estimate of drug-likeness (QED) is 0.647. The van der Waals surface area contributed by atoms with E-state index in [0.29, 0.717) is 16.1 Å². The number of benzene rings is 1. The van der Waals surface area contributed by atoms with Crippen LogP contribution in [0.4, 0.5) is 10.7 Å². The van der Waals surface area contributed by atoms with Gasteiger partial charge in [-0.25, -0.2) is 8.42 Å². The van der Waals surface area contributed by atoms with Crippen molar-refractivity contribution >= 4 is 32.0 Å². The molecule has 7 nitrogen and oxygen atoms in total. The Morgan fingerprint density at radius 1 is 1.32 bits per heavy atom. The maximum atomic E-state index is 12.7. The fraction of sp³-hybridized carbons (Fsp3) is 0.312. The summed E-state index contributed by atoms with van der Waals surface area (Å²) < 4.78 is 27.9. The number of sulfonamides is 1. The molecule has 0 fully saturated rings. The molecule has 1 heterocycles. The van der Waals surface area contributed by atoms with Crippen molar-refractivity contribution in [3.05, 3.63) is 49.9 Å². The Kier molecular flexibility index (Phi) is 4.49. The first kappa shape index (κ1) is 17.4. The maximum absolute atomic E-state index is 12.7. The van der Waals surface area contributed by atoms with Crippen LogP contribution in [0, 0.1) is 28.4 Å². The van der Waals surface area contributed by atoms with Crippen molar-refractivity contribution in [3.8, 4) is 6.07 Å². The van der Waals surface area contributed by atoms with Gasteiger partial charge in [-0.3, -0.25) is 14.8 Å². The second-order valence-electron chi connectivity index (χ2n) is 5.84. The standard InChI is InChI=1S/C16H15N3O4S2/c1-10-6-7-11(19(20)21)8-15(10)25(22,23)18-16-13(9-17)12-4-2-3-5-14(12)24-16/h6-8,18H,2-5H2,1H3. The van der Waals surface area contributed by atoms with Crippen molar-refractivity contribution in [1.29, 1.82) is 5.26 Å². The molecule has 0 bridgehead atoms. The molecule has 0 amide bonds. The van der Waals surface area contributed by atoms with E-state index in [1.807, 2.05) is 0 Å². The highest BCUT2D eigenvalue weighted by Crippen LogP contribution is 2.38. The molecule has 3 rings (SSSR count). The van der Waals surface area contributed by atoms with Gasteiger partial charge in [0.05, 0.1) is 15.4 Å². The van der Waals surface area contributed by atoms with Gasteiger partial charge in [0, 0.05) is 17.0 Å². The van der Waals surface area contributed by atoms with Gasteiger partial charge < -0.3 is 0 Å². The molecule has 1 aromatic carbocycles. The number of aryl methyl sites for hydroxylation is 2. The van der Waals surface area contributed by atoms with Gasteiger partial charge in [0.15, 0.2) is 0 Å². The summed E-state index contributed by atoms with van der Waals surface area (Å²) in [5.74, 6) is 0. The molecule has 25 heavy (non-hydrogen) atoms. The molecule has 0 saturated carbocycles. The van der Waals surface area contributed by atoms with Crippen molar-refractivity contribution in [2.24, 2.45) is 0 Å². The summed E-state index contributed by atoms with van der Waals surface area (Å²) in [5.41, 5.74) is 1.40. The number of fused-ring (bicyclic) bond motifs is 1. The lowest BCUT2D eigenvalue weighted by Crippen LogP contribution is -2.14. The maximum Gasteiger partial charge on any atom is 0.270 e. The van der Waals surface area contributed by atoms with Crippen molar-refractivity contribution < 1.29 is 13.3 Å². The van der Waals surface area contributed by atoms with E-state index >= 15 is 0 Å². The summed E-state index contributed by atoms with van der Waals surface area (Å²) in [6.07, 6.45) is 3.61. The van der Waals surface area contributed by atoms with Crippen molar-refractivity contribution in [2.75, 3.05) is 4.72 Å². The van der Waals surface area contributed by atoms with Gasteiger partial charge in [-0.15, -0.1) is 11.3 Å². The zero-order valence-electron chi connectivity index (χ0n) is 13.4. The summed E-state index contributed by atoms with van der Waals surface area (Å²) in [5, 5.41) is 20.7. The Balaban J connectivity index is 2.04. The third-order valence-electron chi connectivity index (χ3n) is 4.18. The van der Waals surface area contributed by atoms with Gasteiger partial charge in [-0.05, 0) is 43.7 Å². The lowest BCUT2D eigenvalue weighted by molar-refractivity contribution is -0.385. The van der Waals surface area contributed by atoms with Gasteiger partial charge >= 0.3 is 0 Å². The lowest BCUT2D eigenvalue weighted by Gasteiger charge is -2.10. The van der Waals surface area contributed by atoms with E-state index in [2.05, 4.69) is 10.8 Å². The van der Waals surface area contributed by atoms with Crippen LogP contribution < -0.4 is 4.72 Å². The molecule has 9 heteroatoms. The smallest absolute Gasteiger partial charge is 0.269 e. The summed E-state index contributed by atoms with van der Waals surface area (Å²) in [7, 11) is -4.03. The van der Waals surface area contributed by atoms with Crippen molar-refractivity contribution in [1.82, 2.24) is 0 Å². The predicted molar refractivity (Wildman–Crippen MR) is 94.3 cm³/mol. The molecule has 1 aliphatic rings. The van der Waals surface area contributed by atoms with Gasteiger partial charge in [-0.2, -0.15) is 5.26 Å². The highest BCUT2D eigenvalue weighted by atomic mass is 32.2. The average molecular weight is 377 g/mol. The summed E-state index contributed by atoms with van der Waals surface area (Å²) in [6.45, 7) is 1.57. The number of nitro benzene ring substituents is 1. The number of nitro groups is 1. The van der Waals surface area contributed by atoms with Crippen LogP contribution in [0.3, 0.4) is 0 Å². The molecule has 130 valence electrons. The van der Waals surface area contributed by atoms with Crippen molar-refractivity contribution in [2.45, 2.75) is 37.5 Å². The lowest BCUT2D eigenvalue weighted by atomic mass is 9.96. The van der Waals surface area contributed by atoms with E-state index in [9.17, 15) is 23.8 Å². The number of rotatable bonds is 4. The Hall–Kier alpha value is -2.44. The number of thiophene rings is 1. The average Bonchev–Trinajstić information content (AvgIpc) is 2.90. The Bertz CT molecular complexity index is 1000. The molecule has 0 radical (unpaired) electrons. The van der Waals surface area contributed by atoms with E-state index < -0.39 is 14.9 Å². The molecule has 1 N–H and O–H groups in total. The van der Waals surface area contributed by atoms with Crippen LogP contribution in [0.15, 0.2) is 23.1 Å². The van der Waals surface area contributed by atoms with Crippen LogP contribution in [0.2, 0.25) is 0 Å². The fourth-order valence-corrected chi connectivity index (χ4v) is 5.74.